The molecule has 4 rings (SSSR count). The molecule has 0 saturated carbocycles. The third-order valence-corrected chi connectivity index (χ3v) is 6.89. The van der Waals surface area contributed by atoms with Gasteiger partial charge in [0.2, 0.25) is 0 Å². The number of hydroxylamine groups is 2. The summed E-state index contributed by atoms with van der Waals surface area (Å²) < 4.78 is 17.1. The summed E-state index contributed by atoms with van der Waals surface area (Å²) in [4.78, 5) is 31.5. The number of halogens is 1. The number of aryl methyl sites for hydroxylation is 2. The lowest BCUT2D eigenvalue weighted by Gasteiger charge is -2.37. The summed E-state index contributed by atoms with van der Waals surface area (Å²) in [6.07, 6.45) is 0.0149. The van der Waals surface area contributed by atoms with Gasteiger partial charge in [0.25, 0.3) is 0 Å². The fourth-order valence-corrected chi connectivity index (χ4v) is 4.87. The van der Waals surface area contributed by atoms with Gasteiger partial charge in [-0.3, -0.25) is 0 Å². The van der Waals surface area contributed by atoms with Crippen LogP contribution in [0, 0.1) is 19.8 Å². The lowest BCUT2D eigenvalue weighted by molar-refractivity contribution is -0.183. The first-order chi connectivity index (χ1) is 17.1. The molecule has 0 radical (unpaired) electrons. The average Bonchev–Trinajstić information content (AvgIpc) is 3.09. The summed E-state index contributed by atoms with van der Waals surface area (Å²) in [6, 6.07) is 11.5. The summed E-state index contributed by atoms with van der Waals surface area (Å²) in [7, 11) is 1.61. The van der Waals surface area contributed by atoms with Crippen LogP contribution in [0.5, 0.6) is 0 Å². The van der Waals surface area contributed by atoms with Crippen molar-refractivity contribution in [3.63, 3.8) is 0 Å². The molecule has 1 fully saturated rings. The van der Waals surface area contributed by atoms with Gasteiger partial charge in [-0.15, -0.1) is 0 Å². The first-order valence-electron chi connectivity index (χ1n) is 12.1. The van der Waals surface area contributed by atoms with Crippen LogP contribution in [-0.4, -0.2) is 49.6 Å². The van der Waals surface area contributed by atoms with E-state index in [1.807, 2.05) is 64.1 Å². The van der Waals surface area contributed by atoms with Crippen molar-refractivity contribution < 1.29 is 28.6 Å². The molecule has 0 amide bonds. The van der Waals surface area contributed by atoms with Gasteiger partial charge in [0.1, 0.15) is 5.57 Å². The second kappa shape index (κ2) is 10.6. The van der Waals surface area contributed by atoms with Crippen molar-refractivity contribution in [1.82, 2.24) is 5.06 Å². The Morgan fingerprint density at radius 2 is 1.72 bits per heavy atom. The van der Waals surface area contributed by atoms with Gasteiger partial charge in [-0.05, 0) is 65.8 Å². The molecule has 0 bridgehead atoms. The molecule has 0 atom stereocenters. The van der Waals surface area contributed by atoms with Crippen LogP contribution in [0.1, 0.15) is 43.4 Å². The summed E-state index contributed by atoms with van der Waals surface area (Å²) in [5, 5.41) is 2.44. The molecule has 1 spiro atoms. The monoisotopic (exact) mass is 513 g/mol. The van der Waals surface area contributed by atoms with Gasteiger partial charge < -0.3 is 19.0 Å². The van der Waals surface area contributed by atoms with Crippen LogP contribution in [-0.2, 0) is 23.8 Å². The highest BCUT2D eigenvalue weighted by molar-refractivity contribution is 6.30. The number of ether oxygens (including phenoxy) is 3. The van der Waals surface area contributed by atoms with Crippen molar-refractivity contribution in [2.75, 3.05) is 26.8 Å². The fraction of sp³-hybridized carbons (Fsp3) is 0.429. The van der Waals surface area contributed by atoms with E-state index in [1.54, 1.807) is 12.2 Å². The molecular formula is C28H32ClNO6. The van der Waals surface area contributed by atoms with E-state index in [1.165, 1.54) is 0 Å². The van der Waals surface area contributed by atoms with Crippen molar-refractivity contribution in [3.8, 4) is 11.1 Å². The molecule has 2 aliphatic rings. The summed E-state index contributed by atoms with van der Waals surface area (Å²) in [5.41, 5.74) is 3.70. The minimum atomic E-state index is -1.06. The third-order valence-electron chi connectivity index (χ3n) is 6.64. The number of hydrogen-bond acceptors (Lipinski definition) is 7. The zero-order valence-electron chi connectivity index (χ0n) is 21.4. The molecule has 0 aliphatic carbocycles. The van der Waals surface area contributed by atoms with Crippen LogP contribution in [0.3, 0.4) is 0 Å². The Bertz CT molecular complexity index is 1180. The van der Waals surface area contributed by atoms with E-state index in [0.29, 0.717) is 36.5 Å². The molecule has 2 heterocycles. The molecule has 0 N–H and O–H groups in total. The Morgan fingerprint density at radius 1 is 1.08 bits per heavy atom. The van der Waals surface area contributed by atoms with Gasteiger partial charge in [0, 0.05) is 31.0 Å². The molecular weight excluding hydrogens is 482 g/mol. The number of nitrogens with zero attached hydrogens (tertiary/aromatic N) is 1. The Hall–Kier alpha value is -2.87. The predicted octanol–water partition coefficient (Wildman–Crippen LogP) is 6.10. The maximum Gasteiger partial charge on any atom is 0.513 e. The first-order valence-corrected chi connectivity index (χ1v) is 12.5. The Labute approximate surface area is 216 Å². The minimum absolute atomic E-state index is 0.146. The van der Waals surface area contributed by atoms with Crippen molar-refractivity contribution >= 4 is 29.3 Å². The third kappa shape index (κ3) is 5.28. The van der Waals surface area contributed by atoms with E-state index in [2.05, 4.69) is 0 Å². The Kier molecular flexibility index (Phi) is 7.73. The minimum Gasteiger partial charge on any atom is -0.447 e. The highest BCUT2D eigenvalue weighted by Crippen LogP contribution is 2.46. The smallest absolute Gasteiger partial charge is 0.447 e. The highest BCUT2D eigenvalue weighted by atomic mass is 35.5. The lowest BCUT2D eigenvalue weighted by atomic mass is 9.86. The summed E-state index contributed by atoms with van der Waals surface area (Å²) in [5.74, 6) is -0.153. The number of benzene rings is 2. The molecule has 7 nitrogen and oxygen atoms in total. The topological polar surface area (TPSA) is 74.3 Å². The average molecular weight is 514 g/mol. The van der Waals surface area contributed by atoms with E-state index in [0.717, 1.165) is 22.3 Å². The van der Waals surface area contributed by atoms with Gasteiger partial charge >= 0.3 is 12.1 Å². The summed E-state index contributed by atoms with van der Waals surface area (Å²) in [6.45, 7) is 9.09. The van der Waals surface area contributed by atoms with Crippen LogP contribution in [0.2, 0.25) is 5.02 Å². The second-order valence-electron chi connectivity index (χ2n) is 9.75. The SMILES string of the molecule is CON1CCC2(CC1)OC(=O)C(c1cc(-c3ccc(Cl)cc3)c(C)cc1C)=C2OC(=O)OCC(C)C. The van der Waals surface area contributed by atoms with Crippen molar-refractivity contribution in [2.24, 2.45) is 5.92 Å². The van der Waals surface area contributed by atoms with Crippen molar-refractivity contribution in [3.05, 3.63) is 63.9 Å². The number of rotatable bonds is 6. The first kappa shape index (κ1) is 26.2. The predicted molar refractivity (Wildman–Crippen MR) is 137 cm³/mol. The molecule has 192 valence electrons. The van der Waals surface area contributed by atoms with Crippen LogP contribution < -0.4 is 0 Å². The number of hydrogen-bond donors (Lipinski definition) is 0. The number of carbonyl (C=O) groups is 2. The second-order valence-corrected chi connectivity index (χ2v) is 10.2. The van der Waals surface area contributed by atoms with Gasteiger partial charge in [-0.2, -0.15) is 5.06 Å². The van der Waals surface area contributed by atoms with Crippen LogP contribution in [0.25, 0.3) is 16.7 Å². The highest BCUT2D eigenvalue weighted by Gasteiger charge is 2.53. The zero-order valence-corrected chi connectivity index (χ0v) is 22.1. The molecule has 0 aromatic heterocycles. The number of piperidine rings is 1. The lowest BCUT2D eigenvalue weighted by Crippen LogP contribution is -2.46. The molecule has 2 aromatic rings. The van der Waals surface area contributed by atoms with Crippen LogP contribution in [0.15, 0.2) is 42.2 Å². The van der Waals surface area contributed by atoms with Gasteiger partial charge in [0.15, 0.2) is 11.4 Å². The normalized spacial score (nSPS) is 17.6. The van der Waals surface area contributed by atoms with Crippen LogP contribution in [0.4, 0.5) is 4.79 Å². The standard InChI is InChI=1S/C28H32ClNO6/c1-17(2)16-34-27(32)35-25-24(26(31)36-28(25)10-12-30(33-5)13-11-28)23-15-22(18(3)14-19(23)4)20-6-8-21(29)9-7-20/h6-9,14-15,17H,10-13,16H2,1-5H3. The summed E-state index contributed by atoms with van der Waals surface area (Å²) >= 11 is 6.09. The Morgan fingerprint density at radius 3 is 2.33 bits per heavy atom. The molecule has 36 heavy (non-hydrogen) atoms. The Balaban J connectivity index is 1.82. The van der Waals surface area contributed by atoms with E-state index >= 15 is 0 Å². The molecule has 2 aliphatic heterocycles. The number of carbonyl (C=O) groups excluding carboxylic acids is 2. The molecule has 1 saturated heterocycles. The van der Waals surface area contributed by atoms with Crippen molar-refractivity contribution in [2.45, 2.75) is 46.1 Å². The molecule has 0 unspecified atom stereocenters. The van der Waals surface area contributed by atoms with Crippen LogP contribution >= 0.6 is 11.6 Å². The molecule has 8 heteroatoms. The maximum atomic E-state index is 13.4. The van der Waals surface area contributed by atoms with Gasteiger partial charge in [-0.1, -0.05) is 43.6 Å². The van der Waals surface area contributed by atoms with Gasteiger partial charge in [-0.25, -0.2) is 9.59 Å². The van der Waals surface area contributed by atoms with Gasteiger partial charge in [0.05, 0.1) is 13.7 Å². The van der Waals surface area contributed by atoms with E-state index in [9.17, 15) is 9.59 Å². The van der Waals surface area contributed by atoms with E-state index < -0.39 is 17.7 Å². The van der Waals surface area contributed by atoms with E-state index in [-0.39, 0.29) is 23.9 Å². The quantitative estimate of drug-likeness (QED) is 0.432. The number of esters is 1. The van der Waals surface area contributed by atoms with Crippen molar-refractivity contribution in [1.29, 1.82) is 0 Å². The van der Waals surface area contributed by atoms with E-state index in [4.69, 9.17) is 30.6 Å². The zero-order chi connectivity index (χ0) is 26.0. The maximum absolute atomic E-state index is 13.4. The largest absolute Gasteiger partial charge is 0.513 e. The fourth-order valence-electron chi connectivity index (χ4n) is 4.74. The molecule has 2 aromatic carbocycles.